The summed E-state index contributed by atoms with van der Waals surface area (Å²) < 4.78 is 101. The fourth-order valence-corrected chi connectivity index (χ4v) is 8.64. The molecule has 14 heteroatoms. The number of benzene rings is 2. The van der Waals surface area contributed by atoms with Gasteiger partial charge in [0, 0.05) is 53.2 Å². The Morgan fingerprint density at radius 2 is 1.56 bits per heavy atom. The van der Waals surface area contributed by atoms with Crippen molar-refractivity contribution in [1.82, 2.24) is 0 Å². The van der Waals surface area contributed by atoms with Gasteiger partial charge in [0.05, 0.1) is 26.2 Å². The number of fused-ring (bicyclic) bond motifs is 2. The Balaban J connectivity index is 1.63. The summed E-state index contributed by atoms with van der Waals surface area (Å²) in [5.41, 5.74) is 6.85. The van der Waals surface area contributed by atoms with Crippen LogP contribution in [0.4, 0.5) is 11.4 Å². The lowest BCUT2D eigenvalue weighted by Crippen LogP contribution is -2.28. The highest BCUT2D eigenvalue weighted by Gasteiger charge is 2.45. The molecule has 2 heterocycles. The molecule has 11 nitrogen and oxygen atoms in total. The van der Waals surface area contributed by atoms with Crippen LogP contribution in [0.1, 0.15) is 83.4 Å². The Kier molecular flexibility index (Phi) is 12.7. The van der Waals surface area contributed by atoms with Crippen LogP contribution in [0.15, 0.2) is 89.0 Å². The number of allylic oxidation sites excluding steroid dienone is 8. The maximum absolute atomic E-state index is 12.0. The van der Waals surface area contributed by atoms with Crippen molar-refractivity contribution in [2.75, 3.05) is 29.5 Å². The molecule has 0 aromatic heterocycles. The van der Waals surface area contributed by atoms with Gasteiger partial charge in [-0.25, -0.2) is 8.42 Å². The topological polar surface area (TPSA) is 172 Å². The molecule has 52 heavy (non-hydrogen) atoms. The Hall–Kier alpha value is -3.40. The van der Waals surface area contributed by atoms with Crippen LogP contribution >= 0.6 is 0 Å². The van der Waals surface area contributed by atoms with Crippen LogP contribution in [-0.2, 0) is 41.2 Å². The van der Waals surface area contributed by atoms with Gasteiger partial charge in [-0.2, -0.15) is 21.4 Å². The number of anilines is 1. The summed E-state index contributed by atoms with van der Waals surface area (Å²) in [6.07, 6.45) is 14.3. The normalized spacial score (nSPS) is 18.3. The molecule has 0 fully saturated rings. The quantitative estimate of drug-likeness (QED) is 0.0805. The van der Waals surface area contributed by atoms with E-state index < -0.39 is 35.8 Å². The second kappa shape index (κ2) is 15.9. The highest BCUT2D eigenvalue weighted by atomic mass is 32.2. The first-order valence-electron chi connectivity index (χ1n) is 17.4. The first-order valence-corrected chi connectivity index (χ1v) is 22.0. The minimum Gasteiger partial charge on any atom is -0.748 e. The van der Waals surface area contributed by atoms with Crippen LogP contribution in [0.3, 0.4) is 0 Å². The minimum absolute atomic E-state index is 0.207. The van der Waals surface area contributed by atoms with E-state index in [4.69, 9.17) is 0 Å². The third-order valence-corrected chi connectivity index (χ3v) is 12.2. The third-order valence-electron chi connectivity index (χ3n) is 9.81. The third kappa shape index (κ3) is 9.97. The molecule has 0 bridgehead atoms. The summed E-state index contributed by atoms with van der Waals surface area (Å²) in [7, 11) is -12.8. The van der Waals surface area contributed by atoms with Crippen LogP contribution in [-0.4, -0.2) is 73.8 Å². The Labute approximate surface area is 309 Å². The van der Waals surface area contributed by atoms with Crippen molar-refractivity contribution in [2.45, 2.75) is 89.4 Å². The van der Waals surface area contributed by atoms with E-state index in [0.717, 1.165) is 40.3 Å². The average molecular weight is 775 g/mol. The van der Waals surface area contributed by atoms with Gasteiger partial charge in [0.2, 0.25) is 5.69 Å². The largest absolute Gasteiger partial charge is 0.748 e. The molecule has 2 aliphatic rings. The molecule has 0 unspecified atom stereocenters. The summed E-state index contributed by atoms with van der Waals surface area (Å²) in [5.74, 6) is -0.747. The molecule has 2 aliphatic heterocycles. The van der Waals surface area contributed by atoms with Gasteiger partial charge in [0.25, 0.3) is 20.2 Å². The van der Waals surface area contributed by atoms with Gasteiger partial charge < -0.3 is 9.45 Å². The summed E-state index contributed by atoms with van der Waals surface area (Å²) in [5, 5.41) is 0. The lowest BCUT2D eigenvalue weighted by atomic mass is 9.81. The van der Waals surface area contributed by atoms with Gasteiger partial charge in [0.1, 0.15) is 6.54 Å². The number of unbranched alkanes of at least 4 members (excludes halogenated alkanes) is 2. The molecule has 0 radical (unpaired) electrons. The van der Waals surface area contributed by atoms with E-state index in [1.807, 2.05) is 55.7 Å². The average Bonchev–Trinajstić information content (AvgIpc) is 3.37. The zero-order valence-electron chi connectivity index (χ0n) is 30.7. The van der Waals surface area contributed by atoms with Gasteiger partial charge in [0.15, 0.2) is 5.71 Å². The first-order chi connectivity index (χ1) is 24.1. The van der Waals surface area contributed by atoms with Crippen molar-refractivity contribution in [2.24, 2.45) is 0 Å². The summed E-state index contributed by atoms with van der Waals surface area (Å²) >= 11 is 0. The van der Waals surface area contributed by atoms with Crippen molar-refractivity contribution < 1.29 is 43.5 Å². The van der Waals surface area contributed by atoms with E-state index in [2.05, 4.69) is 49.9 Å². The molecule has 0 atom stereocenters. The predicted molar refractivity (Wildman–Crippen MR) is 205 cm³/mol. The van der Waals surface area contributed by atoms with Gasteiger partial charge in [-0.05, 0) is 81.9 Å². The Morgan fingerprint density at radius 3 is 2.19 bits per heavy atom. The highest BCUT2D eigenvalue weighted by Crippen LogP contribution is 2.48. The predicted octanol–water partition coefficient (Wildman–Crippen LogP) is 6.74. The molecular weight excluding hydrogens is 725 g/mol. The molecule has 0 spiro atoms. The summed E-state index contributed by atoms with van der Waals surface area (Å²) in [6.45, 7) is 13.4. The molecule has 2 aromatic carbocycles. The fourth-order valence-electron chi connectivity index (χ4n) is 7.01. The lowest BCUT2D eigenvalue weighted by molar-refractivity contribution is -0.438. The van der Waals surface area contributed by atoms with E-state index >= 15 is 0 Å². The van der Waals surface area contributed by atoms with Crippen molar-refractivity contribution >= 4 is 47.4 Å². The van der Waals surface area contributed by atoms with Crippen molar-refractivity contribution in [3.63, 3.8) is 0 Å². The van der Waals surface area contributed by atoms with E-state index in [-0.39, 0.29) is 34.7 Å². The van der Waals surface area contributed by atoms with E-state index in [9.17, 15) is 38.9 Å². The molecule has 284 valence electrons. The number of hydrogen-bond donors (Lipinski definition) is 2. The van der Waals surface area contributed by atoms with Gasteiger partial charge in [-0.15, -0.1) is 0 Å². The molecule has 2 aromatic rings. The van der Waals surface area contributed by atoms with E-state index in [0.29, 0.717) is 31.5 Å². The SMILES string of the molecule is CCC(C=C/C=C1/N(CCCCS(=O)(=O)[O-])c2ccc(C)cc2C1(C)C)=CC=CC1=[N+](CCCCS(=O)(=O)O)c2ccc(S(=O)(=O)O)cc2C1(C)C. The van der Waals surface area contributed by atoms with E-state index in [1.54, 1.807) is 6.07 Å². The Morgan fingerprint density at radius 1 is 0.865 bits per heavy atom. The van der Waals surface area contributed by atoms with Crippen LogP contribution in [0, 0.1) is 6.92 Å². The molecule has 0 amide bonds. The van der Waals surface area contributed by atoms with Crippen molar-refractivity contribution in [3.8, 4) is 0 Å². The second-order valence-corrected chi connectivity index (χ2v) is 19.0. The molecule has 0 saturated carbocycles. The molecule has 4 rings (SSSR count). The van der Waals surface area contributed by atoms with Gasteiger partial charge in [-0.3, -0.25) is 9.11 Å². The first kappa shape index (κ1) is 41.4. The fraction of sp³-hybridized carbons (Fsp3) is 0.447. The Bertz CT molecular complexity index is 2180. The maximum atomic E-state index is 12.0. The van der Waals surface area contributed by atoms with Crippen LogP contribution < -0.4 is 4.90 Å². The molecular formula is C38H50N2O9S3. The molecule has 2 N–H and O–H groups in total. The number of aryl methyl sites for hydroxylation is 1. The monoisotopic (exact) mass is 774 g/mol. The number of nitrogens with zero attached hydrogens (tertiary/aromatic N) is 2. The lowest BCUT2D eigenvalue weighted by Gasteiger charge is -2.27. The van der Waals surface area contributed by atoms with Gasteiger partial charge in [-0.1, -0.05) is 62.8 Å². The van der Waals surface area contributed by atoms with Crippen LogP contribution in [0.25, 0.3) is 0 Å². The maximum Gasteiger partial charge on any atom is 0.294 e. The smallest absolute Gasteiger partial charge is 0.294 e. The highest BCUT2D eigenvalue weighted by molar-refractivity contribution is 7.86. The number of hydrogen-bond acceptors (Lipinski definition) is 8. The van der Waals surface area contributed by atoms with E-state index in [1.165, 1.54) is 17.7 Å². The van der Waals surface area contributed by atoms with Crippen molar-refractivity contribution in [1.29, 1.82) is 0 Å². The summed E-state index contributed by atoms with van der Waals surface area (Å²) in [6, 6.07) is 10.8. The standard InChI is InChI=1S/C38H50N2O9S3/c1-7-29(14-12-16-35-37(3,4)31-26-28(2)18-20-33(31)39(35)22-8-10-24-50(41,42)43)15-13-17-36-38(5,6)32-27-30(52(47,48)49)19-21-34(32)40(36)23-9-11-25-51(44,45)46/h12-21,26-27H,7-11,22-25H2,1-6H3,(H2-,41,42,43,44,45,46,47,48,49). The number of rotatable bonds is 16. The second-order valence-electron chi connectivity index (χ2n) is 14.4. The van der Waals surface area contributed by atoms with Gasteiger partial charge >= 0.3 is 0 Å². The van der Waals surface area contributed by atoms with Crippen molar-refractivity contribution in [3.05, 3.63) is 101 Å². The zero-order chi connectivity index (χ0) is 38.7. The summed E-state index contributed by atoms with van der Waals surface area (Å²) in [4.78, 5) is 2.00. The van der Waals surface area contributed by atoms with Crippen LogP contribution in [0.5, 0.6) is 0 Å². The molecule has 0 aliphatic carbocycles. The zero-order valence-corrected chi connectivity index (χ0v) is 33.1. The molecule has 0 saturated heterocycles. The minimum atomic E-state index is -4.43. The van der Waals surface area contributed by atoms with Crippen LogP contribution in [0.2, 0.25) is 0 Å².